The van der Waals surface area contributed by atoms with Crippen LogP contribution in [-0.2, 0) is 46.4 Å². The summed E-state index contributed by atoms with van der Waals surface area (Å²) in [6.45, 7) is 0.593. The number of nitrogens with zero attached hydrogens (tertiary/aromatic N) is 7. The molecule has 2 aliphatic heterocycles. The number of H-pyrrole nitrogens is 1. The van der Waals surface area contributed by atoms with E-state index >= 15 is 0 Å². The van der Waals surface area contributed by atoms with E-state index in [1.807, 2.05) is 4.57 Å². The third kappa shape index (κ3) is 5.47. The fourth-order valence-corrected chi connectivity index (χ4v) is 9.25. The number of imidazole rings is 2. The Labute approximate surface area is 258 Å². The van der Waals surface area contributed by atoms with Crippen molar-refractivity contribution in [3.63, 3.8) is 0 Å². The van der Waals surface area contributed by atoms with Gasteiger partial charge in [-0.05, 0) is 36.0 Å². The molecule has 4 aromatic heterocycles. The summed E-state index contributed by atoms with van der Waals surface area (Å²) in [6, 6.07) is -0.0589. The summed E-state index contributed by atoms with van der Waals surface area (Å²) < 4.78 is 34.6. The molecule has 0 aromatic carbocycles. The van der Waals surface area contributed by atoms with Crippen LogP contribution in [0.2, 0.25) is 0 Å². The van der Waals surface area contributed by atoms with Gasteiger partial charge in [0.15, 0.2) is 22.6 Å². The lowest BCUT2D eigenvalue weighted by atomic mass is 9.70. The van der Waals surface area contributed by atoms with Crippen molar-refractivity contribution in [1.29, 1.82) is 0 Å². The summed E-state index contributed by atoms with van der Waals surface area (Å²) in [5, 5.41) is 0. The summed E-state index contributed by atoms with van der Waals surface area (Å²) in [5.41, 5.74) is 1.44. The molecule has 0 bridgehead atoms. The molecule has 4 aromatic rings. The first-order chi connectivity index (χ1) is 20.1. The van der Waals surface area contributed by atoms with Crippen LogP contribution in [0, 0.1) is 11.8 Å². The van der Waals surface area contributed by atoms with E-state index in [1.54, 1.807) is 17.2 Å². The Bertz CT molecular complexity index is 1820. The third-order valence-corrected chi connectivity index (χ3v) is 12.3. The highest BCUT2D eigenvalue weighted by Gasteiger charge is 2.46. The van der Waals surface area contributed by atoms with Crippen LogP contribution in [0.5, 0.6) is 0 Å². The minimum atomic E-state index is -3.00. The maximum absolute atomic E-state index is 12.2. The second-order valence-corrected chi connectivity index (χ2v) is 20.7. The number of nitrogens with one attached hydrogen (secondary N) is 1. The molecule has 2 saturated heterocycles. The van der Waals surface area contributed by atoms with Crippen LogP contribution >= 0.6 is 35.9 Å². The van der Waals surface area contributed by atoms with E-state index in [4.69, 9.17) is 52.2 Å². The summed E-state index contributed by atoms with van der Waals surface area (Å²) in [4.78, 5) is 36.0. The third-order valence-electron chi connectivity index (χ3n) is 7.80. The maximum atomic E-state index is 12.2. The number of thiol groups is 2. The van der Waals surface area contributed by atoms with Crippen LogP contribution in [-0.4, -0.2) is 71.1 Å². The van der Waals surface area contributed by atoms with Crippen molar-refractivity contribution >= 4 is 87.6 Å². The van der Waals surface area contributed by atoms with Crippen LogP contribution < -0.4 is 11.3 Å². The van der Waals surface area contributed by atoms with Crippen molar-refractivity contribution in [2.24, 2.45) is 11.8 Å². The number of ether oxygens (including phenoxy) is 1. The Kier molecular flexibility index (Phi) is 7.75. The van der Waals surface area contributed by atoms with Crippen LogP contribution in [0.1, 0.15) is 25.1 Å². The van der Waals surface area contributed by atoms with E-state index in [0.717, 1.165) is 0 Å². The van der Waals surface area contributed by atoms with Crippen LogP contribution in [0.25, 0.3) is 22.3 Å². The standard InChI is InChI=1S/C21H25N9O6P2S4/c22-18-16-19(24-6-23-18)30(9-27-16)15-2-13-14(35-15)5-34-37(39,40)33-4-11-10(3-32-38(41,42)36-13)1-12(11)29-8-28-17-20(29)25-7-26-21(17)31/h6-15H,1-5H2,(H,39,40)(H,41,42)(H2,22,23,24)(H,25,26,31)/t10-,11-,12-,13+,14-,15-/m1/s1. The van der Waals surface area contributed by atoms with Gasteiger partial charge >= 0.3 is 0 Å². The van der Waals surface area contributed by atoms with Crippen molar-refractivity contribution in [2.45, 2.75) is 37.3 Å². The first-order valence-corrected chi connectivity index (χ1v) is 20.4. The van der Waals surface area contributed by atoms with Gasteiger partial charge in [-0.3, -0.25) is 9.36 Å². The second-order valence-electron chi connectivity index (χ2n) is 10.2. The van der Waals surface area contributed by atoms with Crippen LogP contribution in [0.4, 0.5) is 5.82 Å². The van der Waals surface area contributed by atoms with E-state index in [0.29, 0.717) is 36.3 Å². The molecule has 0 spiro atoms. The minimum Gasteiger partial charge on any atom is -0.382 e. The van der Waals surface area contributed by atoms with E-state index in [9.17, 15) is 4.79 Å². The first-order valence-electron chi connectivity index (χ1n) is 12.8. The molecule has 21 heteroatoms. The smallest absolute Gasteiger partial charge is 0.278 e. The van der Waals surface area contributed by atoms with Gasteiger partial charge in [0, 0.05) is 18.4 Å². The summed E-state index contributed by atoms with van der Waals surface area (Å²) in [6.07, 6.45) is 5.46. The Morgan fingerprint density at radius 2 is 1.64 bits per heavy atom. The zero-order valence-corrected chi connectivity index (χ0v) is 26.8. The Morgan fingerprint density at radius 1 is 0.905 bits per heavy atom. The lowest BCUT2D eigenvalue weighted by Gasteiger charge is -2.45. The highest BCUT2D eigenvalue weighted by molar-refractivity contribution is 8.60. The predicted molar refractivity (Wildman–Crippen MR) is 166 cm³/mol. The molecule has 42 heavy (non-hydrogen) atoms. The molecule has 1 aliphatic carbocycles. The number of nitrogen functional groups attached to an aromatic ring is 1. The molecule has 1 saturated carbocycles. The van der Waals surface area contributed by atoms with Gasteiger partial charge in [0.1, 0.15) is 24.2 Å². The molecule has 8 atom stereocenters. The maximum Gasteiger partial charge on any atom is 0.278 e. The van der Waals surface area contributed by atoms with Crippen molar-refractivity contribution in [2.75, 3.05) is 25.6 Å². The number of nitrogens with two attached hydrogens (primary N) is 1. The topological polar surface area (TPSA) is 179 Å². The van der Waals surface area contributed by atoms with Crippen molar-refractivity contribution in [3.8, 4) is 0 Å². The SMILES string of the molecule is Nc1ncnc2c1ncn2[C@H]1C[C@@H]2OP(=S)(S)OC[C@H]3C[C@@H](n4cnc5c(=O)[nH]cnc54)[C@@H]3COP(=S)(S)OC[C@H]2O1. The average molecular weight is 690 g/mol. The normalized spacial score (nSPS) is 36.0. The molecular weight excluding hydrogens is 665 g/mol. The summed E-state index contributed by atoms with van der Waals surface area (Å²) >= 11 is 20.6. The van der Waals surface area contributed by atoms with Crippen LogP contribution in [0.15, 0.2) is 30.1 Å². The summed E-state index contributed by atoms with van der Waals surface area (Å²) in [7, 11) is 0. The van der Waals surface area contributed by atoms with Gasteiger partial charge in [0.25, 0.3) is 5.56 Å². The number of aromatic amines is 1. The number of fused-ring (bicyclic) bond motifs is 4. The van der Waals surface area contributed by atoms with Crippen LogP contribution in [0.3, 0.4) is 0 Å². The molecule has 3 fully saturated rings. The van der Waals surface area contributed by atoms with Crippen molar-refractivity contribution in [3.05, 3.63) is 35.7 Å². The Hall–Kier alpha value is -1.50. The molecule has 0 amide bonds. The van der Waals surface area contributed by atoms with Gasteiger partial charge in [-0.2, -0.15) is 0 Å². The largest absolute Gasteiger partial charge is 0.382 e. The molecule has 6 heterocycles. The molecular formula is C21H25N9O6P2S4. The second kappa shape index (κ2) is 11.1. The zero-order chi connectivity index (χ0) is 29.2. The quantitative estimate of drug-likeness (QED) is 0.178. The number of hydrogen-bond donors (Lipinski definition) is 4. The molecule has 3 N–H and O–H groups in total. The van der Waals surface area contributed by atoms with Gasteiger partial charge in [-0.25, -0.2) is 24.9 Å². The highest BCUT2D eigenvalue weighted by atomic mass is 32.9. The van der Waals surface area contributed by atoms with Gasteiger partial charge < -0.3 is 38.1 Å². The number of rotatable bonds is 2. The van der Waals surface area contributed by atoms with E-state index in [2.05, 4.69) is 54.4 Å². The molecule has 15 nitrogen and oxygen atoms in total. The predicted octanol–water partition coefficient (Wildman–Crippen LogP) is 2.76. The average Bonchev–Trinajstić information content (AvgIpc) is 3.64. The van der Waals surface area contributed by atoms with E-state index in [1.165, 1.54) is 12.7 Å². The Balaban J connectivity index is 1.12. The molecule has 7 rings (SSSR count). The lowest BCUT2D eigenvalue weighted by Crippen LogP contribution is -2.43. The molecule has 2 unspecified atom stereocenters. The lowest BCUT2D eigenvalue weighted by molar-refractivity contribution is -0.0337. The highest BCUT2D eigenvalue weighted by Crippen LogP contribution is 2.60. The number of anilines is 1. The van der Waals surface area contributed by atoms with E-state index in [-0.39, 0.29) is 48.0 Å². The fourth-order valence-electron chi connectivity index (χ4n) is 5.63. The van der Waals surface area contributed by atoms with Gasteiger partial charge in [-0.1, -0.05) is 24.5 Å². The van der Waals surface area contributed by atoms with Crippen molar-refractivity contribution < 1.29 is 22.8 Å². The number of aromatic nitrogens is 8. The molecule has 224 valence electrons. The van der Waals surface area contributed by atoms with Crippen molar-refractivity contribution in [1.82, 2.24) is 39.0 Å². The first kappa shape index (κ1) is 29.2. The van der Waals surface area contributed by atoms with Gasteiger partial charge in [0.05, 0.1) is 44.9 Å². The molecule has 0 radical (unpaired) electrons. The van der Waals surface area contributed by atoms with E-state index < -0.39 is 29.8 Å². The summed E-state index contributed by atoms with van der Waals surface area (Å²) in [5.74, 6) is 0.255. The monoisotopic (exact) mass is 689 g/mol. The number of hydrogen-bond acceptors (Lipinski definition) is 14. The van der Waals surface area contributed by atoms with Gasteiger partial charge in [0.2, 0.25) is 11.4 Å². The molecule has 3 aliphatic rings. The minimum absolute atomic E-state index is 0.0439. The van der Waals surface area contributed by atoms with Gasteiger partial charge in [-0.15, -0.1) is 0 Å². The fraction of sp³-hybridized carbons (Fsp3) is 0.524. The zero-order valence-electron chi connectivity index (χ0n) is 21.6. The Morgan fingerprint density at radius 3 is 2.50 bits per heavy atom.